The lowest BCUT2D eigenvalue weighted by molar-refractivity contribution is 0.143. The predicted octanol–water partition coefficient (Wildman–Crippen LogP) is 3.19. The third-order valence-electron chi connectivity index (χ3n) is 4.68. The average Bonchev–Trinajstić information content (AvgIpc) is 3.33. The summed E-state index contributed by atoms with van der Waals surface area (Å²) < 4.78 is 7.84. The first kappa shape index (κ1) is 16.9. The molecule has 0 radical (unpaired) electrons. The molecule has 4 rings (SSSR count). The first-order chi connectivity index (χ1) is 12.5. The first-order valence-corrected chi connectivity index (χ1v) is 8.95. The molecule has 0 spiro atoms. The molecule has 1 fully saturated rings. The highest BCUT2D eigenvalue weighted by Crippen LogP contribution is 2.32. The number of H-pyrrole nitrogens is 1. The van der Waals surface area contributed by atoms with E-state index in [1.54, 1.807) is 13.8 Å². The van der Waals surface area contributed by atoms with Crippen molar-refractivity contribution in [2.75, 3.05) is 13.2 Å². The fraction of sp³-hybridized carbons (Fsp3) is 0.381. The van der Waals surface area contributed by atoms with E-state index < -0.39 is 5.60 Å². The van der Waals surface area contributed by atoms with Gasteiger partial charge in [-0.3, -0.25) is 5.10 Å². The Morgan fingerprint density at radius 3 is 3.00 bits per heavy atom. The Bertz CT molecular complexity index is 963. The fourth-order valence-corrected chi connectivity index (χ4v) is 3.38. The molecule has 134 valence electrons. The van der Waals surface area contributed by atoms with Crippen molar-refractivity contribution < 1.29 is 9.84 Å². The van der Waals surface area contributed by atoms with Crippen molar-refractivity contribution >= 4 is 10.9 Å². The number of aromatic amines is 1. The average molecular weight is 349 g/mol. The molecule has 1 unspecified atom stereocenters. The largest absolute Gasteiger partial charge is 0.381 e. The molecule has 3 heterocycles. The maximum atomic E-state index is 9.86. The minimum atomic E-state index is -1.00. The summed E-state index contributed by atoms with van der Waals surface area (Å²) in [6.07, 6.45) is 7.05. The van der Waals surface area contributed by atoms with E-state index >= 15 is 0 Å². The molecule has 3 aromatic rings. The van der Waals surface area contributed by atoms with Gasteiger partial charge in [-0.15, -0.1) is 0 Å². The van der Waals surface area contributed by atoms with Crippen LogP contribution in [-0.4, -0.2) is 38.7 Å². The van der Waals surface area contributed by atoms with Crippen molar-refractivity contribution in [3.05, 3.63) is 42.4 Å². The molecule has 0 amide bonds. The van der Waals surface area contributed by atoms with Crippen LogP contribution in [0.3, 0.4) is 0 Å². The number of fused-ring (bicyclic) bond motifs is 1. The molecule has 26 heavy (non-hydrogen) atoms. The standard InChI is InChI=1S/C21H23N3O2/c1-21(2,25)7-5-15-3-4-20-18(9-15)19(17-10-22-23-11-17)13-24(20)12-16-6-8-26-14-16/h3-4,9-11,13,16,25H,6,8,12,14H2,1-2H3,(H,22,23). The summed E-state index contributed by atoms with van der Waals surface area (Å²) in [6, 6.07) is 6.23. The van der Waals surface area contributed by atoms with E-state index in [-0.39, 0.29) is 0 Å². The van der Waals surface area contributed by atoms with Gasteiger partial charge in [-0.05, 0) is 38.5 Å². The van der Waals surface area contributed by atoms with Crippen molar-refractivity contribution in [3.8, 4) is 23.0 Å². The van der Waals surface area contributed by atoms with Crippen LogP contribution in [0.5, 0.6) is 0 Å². The molecule has 2 aromatic heterocycles. The number of aromatic nitrogens is 3. The minimum absolute atomic E-state index is 0.553. The van der Waals surface area contributed by atoms with Crippen LogP contribution in [-0.2, 0) is 11.3 Å². The van der Waals surface area contributed by atoms with E-state index in [0.29, 0.717) is 5.92 Å². The predicted molar refractivity (Wildman–Crippen MR) is 102 cm³/mol. The first-order valence-electron chi connectivity index (χ1n) is 8.95. The van der Waals surface area contributed by atoms with Crippen molar-refractivity contribution in [1.82, 2.24) is 14.8 Å². The van der Waals surface area contributed by atoms with Gasteiger partial charge in [-0.1, -0.05) is 11.8 Å². The second-order valence-electron chi connectivity index (χ2n) is 7.45. The quantitative estimate of drug-likeness (QED) is 0.714. The maximum absolute atomic E-state index is 9.86. The number of ether oxygens (including phenoxy) is 1. The van der Waals surface area contributed by atoms with Crippen molar-refractivity contribution in [2.24, 2.45) is 5.92 Å². The third-order valence-corrected chi connectivity index (χ3v) is 4.68. The monoisotopic (exact) mass is 349 g/mol. The Morgan fingerprint density at radius 2 is 2.31 bits per heavy atom. The van der Waals surface area contributed by atoms with E-state index in [0.717, 1.165) is 48.3 Å². The lowest BCUT2D eigenvalue weighted by Crippen LogP contribution is -2.14. The van der Waals surface area contributed by atoms with Crippen LogP contribution in [0.1, 0.15) is 25.8 Å². The van der Waals surface area contributed by atoms with Crippen LogP contribution in [0.25, 0.3) is 22.0 Å². The molecular formula is C21H23N3O2. The van der Waals surface area contributed by atoms with E-state index in [9.17, 15) is 5.11 Å². The summed E-state index contributed by atoms with van der Waals surface area (Å²) in [5.41, 5.74) is 3.27. The summed E-state index contributed by atoms with van der Waals surface area (Å²) in [4.78, 5) is 0. The molecule has 0 aliphatic carbocycles. The number of nitrogens with zero attached hydrogens (tertiary/aromatic N) is 2. The summed E-state index contributed by atoms with van der Waals surface area (Å²) in [5.74, 6) is 6.52. The van der Waals surface area contributed by atoms with E-state index in [1.165, 1.54) is 5.52 Å². The Labute approximate surface area is 153 Å². The fourth-order valence-electron chi connectivity index (χ4n) is 3.38. The smallest absolute Gasteiger partial charge is 0.120 e. The van der Waals surface area contributed by atoms with Gasteiger partial charge in [0.05, 0.1) is 12.8 Å². The molecular weight excluding hydrogens is 326 g/mol. The normalized spacial score (nSPS) is 17.4. The summed E-state index contributed by atoms with van der Waals surface area (Å²) in [6.45, 7) is 6.01. The Balaban J connectivity index is 1.79. The van der Waals surface area contributed by atoms with Crippen LogP contribution in [0, 0.1) is 17.8 Å². The SMILES string of the molecule is CC(C)(O)C#Cc1ccc2c(c1)c(-c1cn[nH]c1)cn2CC1CCOC1. The third kappa shape index (κ3) is 3.52. The van der Waals surface area contributed by atoms with Gasteiger partial charge in [0.25, 0.3) is 0 Å². The van der Waals surface area contributed by atoms with Crippen LogP contribution >= 0.6 is 0 Å². The van der Waals surface area contributed by atoms with Gasteiger partial charge in [0.1, 0.15) is 5.60 Å². The lowest BCUT2D eigenvalue weighted by Gasteiger charge is -2.10. The van der Waals surface area contributed by atoms with E-state index in [4.69, 9.17) is 4.74 Å². The van der Waals surface area contributed by atoms with Crippen LogP contribution in [0.15, 0.2) is 36.8 Å². The van der Waals surface area contributed by atoms with Crippen LogP contribution < -0.4 is 0 Å². The van der Waals surface area contributed by atoms with Crippen LogP contribution in [0.2, 0.25) is 0 Å². The van der Waals surface area contributed by atoms with Crippen LogP contribution in [0.4, 0.5) is 0 Å². The molecule has 1 aliphatic rings. The van der Waals surface area contributed by atoms with E-state index in [1.807, 2.05) is 18.5 Å². The molecule has 1 aliphatic heterocycles. The van der Waals surface area contributed by atoms with Gasteiger partial charge in [-0.25, -0.2) is 0 Å². The van der Waals surface area contributed by atoms with Gasteiger partial charge in [-0.2, -0.15) is 5.10 Å². The number of benzene rings is 1. The molecule has 0 saturated carbocycles. The summed E-state index contributed by atoms with van der Waals surface area (Å²) in [7, 11) is 0. The zero-order valence-corrected chi connectivity index (χ0v) is 15.1. The Hall–Kier alpha value is -2.55. The number of hydrogen-bond acceptors (Lipinski definition) is 3. The second-order valence-corrected chi connectivity index (χ2v) is 7.45. The number of hydrogen-bond donors (Lipinski definition) is 2. The van der Waals surface area contributed by atoms with Gasteiger partial charge in [0, 0.05) is 59.1 Å². The molecule has 0 bridgehead atoms. The van der Waals surface area contributed by atoms with Crippen molar-refractivity contribution in [2.45, 2.75) is 32.4 Å². The van der Waals surface area contributed by atoms with Gasteiger partial charge in [0.15, 0.2) is 0 Å². The second kappa shape index (κ2) is 6.64. The number of rotatable bonds is 3. The highest BCUT2D eigenvalue weighted by atomic mass is 16.5. The minimum Gasteiger partial charge on any atom is -0.381 e. The Kier molecular flexibility index (Phi) is 4.31. The summed E-state index contributed by atoms with van der Waals surface area (Å²) in [5, 5.41) is 18.0. The zero-order valence-electron chi connectivity index (χ0n) is 15.1. The number of nitrogens with one attached hydrogen (secondary N) is 1. The molecule has 2 N–H and O–H groups in total. The van der Waals surface area contributed by atoms with Gasteiger partial charge < -0.3 is 14.4 Å². The van der Waals surface area contributed by atoms with Gasteiger partial charge in [0.2, 0.25) is 0 Å². The highest BCUT2D eigenvalue weighted by Gasteiger charge is 2.19. The summed E-state index contributed by atoms with van der Waals surface area (Å²) >= 11 is 0. The molecule has 1 saturated heterocycles. The highest BCUT2D eigenvalue weighted by molar-refractivity contribution is 5.96. The number of aliphatic hydroxyl groups is 1. The molecule has 5 heteroatoms. The zero-order chi connectivity index (χ0) is 18.1. The van der Waals surface area contributed by atoms with E-state index in [2.05, 4.69) is 44.9 Å². The molecule has 1 aromatic carbocycles. The van der Waals surface area contributed by atoms with Crippen molar-refractivity contribution in [1.29, 1.82) is 0 Å². The topological polar surface area (TPSA) is 63.1 Å². The maximum Gasteiger partial charge on any atom is 0.120 e. The van der Waals surface area contributed by atoms with Gasteiger partial charge >= 0.3 is 0 Å². The lowest BCUT2D eigenvalue weighted by atomic mass is 10.0. The van der Waals surface area contributed by atoms with Crippen molar-refractivity contribution in [3.63, 3.8) is 0 Å². The Morgan fingerprint density at radius 1 is 1.42 bits per heavy atom. The molecule has 1 atom stereocenters. The molecule has 5 nitrogen and oxygen atoms in total.